The number of rotatable bonds is 4. The third-order valence-corrected chi connectivity index (χ3v) is 4.03. The molecule has 2 aromatic rings. The summed E-state index contributed by atoms with van der Waals surface area (Å²) < 4.78 is 5.79. The molecule has 6 nitrogen and oxygen atoms in total. The van der Waals surface area contributed by atoms with Crippen LogP contribution in [0.5, 0.6) is 0 Å². The Labute approximate surface area is 135 Å². The van der Waals surface area contributed by atoms with Gasteiger partial charge in [-0.15, -0.1) is 0 Å². The van der Waals surface area contributed by atoms with Gasteiger partial charge in [0.2, 0.25) is 0 Å². The van der Waals surface area contributed by atoms with Gasteiger partial charge in [0, 0.05) is 36.9 Å². The van der Waals surface area contributed by atoms with Crippen molar-refractivity contribution in [3.63, 3.8) is 0 Å². The lowest BCUT2D eigenvalue weighted by atomic mass is 10.1. The van der Waals surface area contributed by atoms with E-state index in [1.54, 1.807) is 24.8 Å². The number of hydrogen-bond donors (Lipinski definition) is 0. The highest BCUT2D eigenvalue weighted by molar-refractivity contribution is 5.95. The third-order valence-electron chi connectivity index (χ3n) is 4.03. The van der Waals surface area contributed by atoms with Crippen LogP contribution in [-0.4, -0.2) is 51.6 Å². The Balaban J connectivity index is 1.60. The molecule has 120 valence electrons. The number of aromatic nitrogens is 3. The Morgan fingerprint density at radius 3 is 3.04 bits per heavy atom. The zero-order valence-electron chi connectivity index (χ0n) is 13.2. The standard InChI is InChI=1S/C17H20N4O2/c1-13-16(3-2-7-19-13)17(22)21-9-10-23-15(11-21)5-4-14-6-8-18-12-20-14/h2-3,6-8,12,15H,4-5,9-11H2,1H3. The van der Waals surface area contributed by atoms with Crippen molar-refractivity contribution < 1.29 is 9.53 Å². The van der Waals surface area contributed by atoms with Gasteiger partial charge in [-0.25, -0.2) is 9.97 Å². The van der Waals surface area contributed by atoms with Crippen LogP contribution in [0.1, 0.15) is 28.2 Å². The minimum absolute atomic E-state index is 0.0333. The van der Waals surface area contributed by atoms with Gasteiger partial charge in [0.15, 0.2) is 0 Å². The molecular weight excluding hydrogens is 292 g/mol. The van der Waals surface area contributed by atoms with E-state index in [-0.39, 0.29) is 12.0 Å². The number of amides is 1. The van der Waals surface area contributed by atoms with Crippen LogP contribution in [-0.2, 0) is 11.2 Å². The second-order valence-electron chi connectivity index (χ2n) is 5.62. The molecule has 1 aliphatic heterocycles. The molecule has 3 rings (SSSR count). The van der Waals surface area contributed by atoms with E-state index in [1.807, 2.05) is 24.0 Å². The molecule has 1 fully saturated rings. The minimum atomic E-state index is 0.0333. The summed E-state index contributed by atoms with van der Waals surface area (Å²) in [5.41, 5.74) is 2.43. The summed E-state index contributed by atoms with van der Waals surface area (Å²) in [6.07, 6.45) is 6.70. The lowest BCUT2D eigenvalue weighted by Gasteiger charge is -2.33. The fourth-order valence-electron chi connectivity index (χ4n) is 2.73. The zero-order chi connectivity index (χ0) is 16.1. The number of pyridine rings is 1. The molecule has 3 heterocycles. The van der Waals surface area contributed by atoms with E-state index in [0.29, 0.717) is 25.3 Å². The first-order valence-electron chi connectivity index (χ1n) is 7.81. The SMILES string of the molecule is Cc1ncccc1C(=O)N1CCOC(CCc2ccncn2)C1. The predicted molar refractivity (Wildman–Crippen MR) is 85.0 cm³/mol. The van der Waals surface area contributed by atoms with E-state index >= 15 is 0 Å². The van der Waals surface area contributed by atoms with Crippen molar-refractivity contribution in [3.8, 4) is 0 Å². The van der Waals surface area contributed by atoms with Crippen molar-refractivity contribution in [1.29, 1.82) is 0 Å². The summed E-state index contributed by atoms with van der Waals surface area (Å²) in [7, 11) is 0. The molecule has 23 heavy (non-hydrogen) atoms. The summed E-state index contributed by atoms with van der Waals surface area (Å²) in [6.45, 7) is 3.66. The molecule has 1 amide bonds. The zero-order valence-corrected chi connectivity index (χ0v) is 13.2. The van der Waals surface area contributed by atoms with Crippen molar-refractivity contribution in [1.82, 2.24) is 19.9 Å². The van der Waals surface area contributed by atoms with Gasteiger partial charge in [-0.2, -0.15) is 0 Å². The molecule has 0 saturated carbocycles. The molecule has 0 radical (unpaired) electrons. The number of carbonyl (C=O) groups is 1. The predicted octanol–water partition coefficient (Wildman–Crippen LogP) is 1.65. The maximum Gasteiger partial charge on any atom is 0.255 e. The van der Waals surface area contributed by atoms with Gasteiger partial charge in [-0.05, 0) is 38.0 Å². The first-order chi connectivity index (χ1) is 11.2. The van der Waals surface area contributed by atoms with Gasteiger partial charge in [-0.1, -0.05) is 0 Å². The molecule has 0 N–H and O–H groups in total. The van der Waals surface area contributed by atoms with Crippen molar-refractivity contribution in [2.24, 2.45) is 0 Å². The fourth-order valence-corrected chi connectivity index (χ4v) is 2.73. The Morgan fingerprint density at radius 2 is 2.26 bits per heavy atom. The number of morpholine rings is 1. The Bertz CT molecular complexity index is 663. The number of carbonyl (C=O) groups excluding carboxylic acids is 1. The highest BCUT2D eigenvalue weighted by Crippen LogP contribution is 2.15. The molecule has 0 bridgehead atoms. The monoisotopic (exact) mass is 312 g/mol. The van der Waals surface area contributed by atoms with Crippen molar-refractivity contribution in [2.45, 2.75) is 25.9 Å². The van der Waals surface area contributed by atoms with Crippen LogP contribution in [0.25, 0.3) is 0 Å². The summed E-state index contributed by atoms with van der Waals surface area (Å²) in [5.74, 6) is 0.0333. The molecule has 1 saturated heterocycles. The van der Waals surface area contributed by atoms with Crippen LogP contribution in [0.3, 0.4) is 0 Å². The molecule has 0 aliphatic carbocycles. The number of nitrogens with zero attached hydrogens (tertiary/aromatic N) is 4. The van der Waals surface area contributed by atoms with Gasteiger partial charge in [-0.3, -0.25) is 9.78 Å². The summed E-state index contributed by atoms with van der Waals surface area (Å²) in [4.78, 5) is 26.8. The molecule has 2 aromatic heterocycles. The molecule has 1 atom stereocenters. The Morgan fingerprint density at radius 1 is 1.35 bits per heavy atom. The van der Waals surface area contributed by atoms with Gasteiger partial charge >= 0.3 is 0 Å². The number of ether oxygens (including phenoxy) is 1. The second-order valence-corrected chi connectivity index (χ2v) is 5.62. The summed E-state index contributed by atoms with van der Waals surface area (Å²) >= 11 is 0. The van der Waals surface area contributed by atoms with E-state index in [1.165, 1.54) is 0 Å². The van der Waals surface area contributed by atoms with Gasteiger partial charge in [0.05, 0.1) is 18.3 Å². The van der Waals surface area contributed by atoms with Crippen molar-refractivity contribution in [2.75, 3.05) is 19.7 Å². The van der Waals surface area contributed by atoms with Crippen molar-refractivity contribution in [3.05, 3.63) is 53.9 Å². The highest BCUT2D eigenvalue weighted by Gasteiger charge is 2.25. The maximum absolute atomic E-state index is 12.7. The van der Waals surface area contributed by atoms with Gasteiger partial charge in [0.25, 0.3) is 5.91 Å². The van der Waals surface area contributed by atoms with E-state index < -0.39 is 0 Å². The first-order valence-corrected chi connectivity index (χ1v) is 7.81. The van der Waals surface area contributed by atoms with E-state index in [9.17, 15) is 4.79 Å². The van der Waals surface area contributed by atoms with Gasteiger partial charge < -0.3 is 9.64 Å². The largest absolute Gasteiger partial charge is 0.375 e. The van der Waals surface area contributed by atoms with E-state index in [2.05, 4.69) is 15.0 Å². The molecule has 0 spiro atoms. The Kier molecular flexibility index (Phi) is 4.92. The Hall–Kier alpha value is -2.34. The first kappa shape index (κ1) is 15.6. The topological polar surface area (TPSA) is 68.2 Å². The summed E-state index contributed by atoms with van der Waals surface area (Å²) in [5, 5.41) is 0. The van der Waals surface area contributed by atoms with E-state index in [0.717, 1.165) is 24.2 Å². The van der Waals surface area contributed by atoms with Crippen LogP contribution in [0.2, 0.25) is 0 Å². The molecule has 1 aliphatic rings. The smallest absolute Gasteiger partial charge is 0.255 e. The third kappa shape index (κ3) is 3.90. The maximum atomic E-state index is 12.7. The second kappa shape index (κ2) is 7.28. The van der Waals surface area contributed by atoms with Crippen LogP contribution in [0.15, 0.2) is 36.9 Å². The van der Waals surface area contributed by atoms with Crippen molar-refractivity contribution >= 4 is 5.91 Å². The van der Waals surface area contributed by atoms with Crippen LogP contribution < -0.4 is 0 Å². The number of hydrogen-bond acceptors (Lipinski definition) is 5. The fraction of sp³-hybridized carbons (Fsp3) is 0.412. The quantitative estimate of drug-likeness (QED) is 0.859. The molecular formula is C17H20N4O2. The van der Waals surface area contributed by atoms with Crippen LogP contribution in [0.4, 0.5) is 0 Å². The average molecular weight is 312 g/mol. The van der Waals surface area contributed by atoms with Crippen LogP contribution in [0, 0.1) is 6.92 Å². The lowest BCUT2D eigenvalue weighted by molar-refractivity contribution is -0.0247. The average Bonchev–Trinajstić information content (AvgIpc) is 2.61. The number of aryl methyl sites for hydroxylation is 2. The lowest BCUT2D eigenvalue weighted by Crippen LogP contribution is -2.46. The molecule has 0 aromatic carbocycles. The molecule has 1 unspecified atom stereocenters. The van der Waals surface area contributed by atoms with Gasteiger partial charge in [0.1, 0.15) is 6.33 Å². The normalized spacial score (nSPS) is 18.0. The highest BCUT2D eigenvalue weighted by atomic mass is 16.5. The van der Waals surface area contributed by atoms with E-state index in [4.69, 9.17) is 4.74 Å². The molecule has 6 heteroatoms. The minimum Gasteiger partial charge on any atom is -0.375 e. The summed E-state index contributed by atoms with van der Waals surface area (Å²) in [6, 6.07) is 5.54. The van der Waals surface area contributed by atoms with Crippen LogP contribution >= 0.6 is 0 Å².